The van der Waals surface area contributed by atoms with Gasteiger partial charge in [0.25, 0.3) is 0 Å². The van der Waals surface area contributed by atoms with Crippen molar-refractivity contribution in [2.24, 2.45) is 11.8 Å². The third-order valence-electron chi connectivity index (χ3n) is 5.57. The number of nitrogens with zero attached hydrogens (tertiary/aromatic N) is 2. The van der Waals surface area contributed by atoms with Gasteiger partial charge < -0.3 is 4.90 Å². The van der Waals surface area contributed by atoms with E-state index in [1.54, 1.807) is 4.90 Å². The zero-order valence-corrected chi connectivity index (χ0v) is 12.5. The lowest BCUT2D eigenvalue weighted by atomic mass is 9.77. The van der Waals surface area contributed by atoms with E-state index in [-0.39, 0.29) is 18.0 Å². The molecule has 20 heavy (non-hydrogen) atoms. The molecule has 2 heterocycles. The average Bonchev–Trinajstić information content (AvgIpc) is 2.92. The minimum atomic E-state index is -0.0100. The highest BCUT2D eigenvalue weighted by molar-refractivity contribution is 5.97. The number of hydrogen-bond donors (Lipinski definition) is 0. The van der Waals surface area contributed by atoms with Crippen LogP contribution in [0.1, 0.15) is 58.3 Å². The zero-order valence-electron chi connectivity index (χ0n) is 12.5. The van der Waals surface area contributed by atoms with Gasteiger partial charge in [0, 0.05) is 25.6 Å². The Morgan fingerprint density at radius 2 is 1.80 bits per heavy atom. The van der Waals surface area contributed by atoms with E-state index >= 15 is 0 Å². The van der Waals surface area contributed by atoms with Gasteiger partial charge in [0.2, 0.25) is 5.91 Å². The Morgan fingerprint density at radius 1 is 1.05 bits per heavy atom. The minimum absolute atomic E-state index is 0.0100. The van der Waals surface area contributed by atoms with Gasteiger partial charge in [-0.3, -0.25) is 9.69 Å². The van der Waals surface area contributed by atoms with Crippen LogP contribution in [0.3, 0.4) is 0 Å². The van der Waals surface area contributed by atoms with Crippen LogP contribution in [0.4, 0.5) is 4.79 Å². The van der Waals surface area contributed by atoms with Gasteiger partial charge in [0.05, 0.1) is 0 Å². The molecule has 0 N–H and O–H groups in total. The Hall–Kier alpha value is -1.06. The first kappa shape index (κ1) is 13.9. The van der Waals surface area contributed by atoms with Gasteiger partial charge in [-0.1, -0.05) is 32.6 Å². The van der Waals surface area contributed by atoms with Crippen LogP contribution in [-0.4, -0.2) is 40.9 Å². The molecule has 0 unspecified atom stereocenters. The largest absolute Gasteiger partial charge is 0.326 e. The normalized spacial score (nSPS) is 34.5. The second-order valence-corrected chi connectivity index (χ2v) is 6.69. The molecule has 0 radical (unpaired) electrons. The Labute approximate surface area is 121 Å². The summed E-state index contributed by atoms with van der Waals surface area (Å²) in [4.78, 5) is 28.3. The van der Waals surface area contributed by atoms with Crippen LogP contribution in [0.2, 0.25) is 0 Å². The summed E-state index contributed by atoms with van der Waals surface area (Å²) in [6.07, 6.45) is 8.80. The standard InChI is InChI=1S/C16H26N2O2/c1-2-12-6-3-4-7-13(12)11-18-15(19)10-14-8-5-9-17(14)16(18)20/h12-14H,2-11H2,1H3/t12-,13-,14-/m1/s1. The van der Waals surface area contributed by atoms with Crippen LogP contribution < -0.4 is 0 Å². The molecule has 3 fully saturated rings. The zero-order chi connectivity index (χ0) is 14.1. The van der Waals surface area contributed by atoms with E-state index in [2.05, 4.69) is 6.92 Å². The van der Waals surface area contributed by atoms with Crippen LogP contribution in [0.25, 0.3) is 0 Å². The maximum atomic E-state index is 12.5. The predicted molar refractivity (Wildman–Crippen MR) is 77.2 cm³/mol. The molecule has 3 aliphatic rings. The molecular weight excluding hydrogens is 252 g/mol. The number of carbonyl (C=O) groups excluding carboxylic acids is 2. The first-order valence-corrected chi connectivity index (χ1v) is 8.31. The van der Waals surface area contributed by atoms with Crippen LogP contribution in [0, 0.1) is 11.8 Å². The fourth-order valence-corrected chi connectivity index (χ4v) is 4.35. The molecule has 4 nitrogen and oxygen atoms in total. The molecule has 0 aromatic heterocycles. The van der Waals surface area contributed by atoms with Crippen LogP contribution in [0.15, 0.2) is 0 Å². The van der Waals surface area contributed by atoms with Gasteiger partial charge >= 0.3 is 6.03 Å². The summed E-state index contributed by atoms with van der Waals surface area (Å²) in [5.41, 5.74) is 0. The maximum Gasteiger partial charge on any atom is 0.326 e. The smallest absolute Gasteiger partial charge is 0.321 e. The second-order valence-electron chi connectivity index (χ2n) is 6.69. The number of fused-ring (bicyclic) bond motifs is 1. The van der Waals surface area contributed by atoms with E-state index in [0.29, 0.717) is 24.8 Å². The molecule has 3 rings (SSSR count). The molecule has 4 heteroatoms. The molecule has 0 aromatic rings. The lowest BCUT2D eigenvalue weighted by Gasteiger charge is -2.40. The van der Waals surface area contributed by atoms with Crippen molar-refractivity contribution >= 4 is 11.9 Å². The topological polar surface area (TPSA) is 40.6 Å². The van der Waals surface area contributed by atoms with Crippen LogP contribution >= 0.6 is 0 Å². The van der Waals surface area contributed by atoms with Crippen molar-refractivity contribution in [2.45, 2.75) is 64.3 Å². The van der Waals surface area contributed by atoms with Crippen molar-refractivity contribution in [3.8, 4) is 0 Å². The Bertz CT molecular complexity index is 396. The van der Waals surface area contributed by atoms with E-state index < -0.39 is 0 Å². The average molecular weight is 278 g/mol. The van der Waals surface area contributed by atoms with E-state index in [1.807, 2.05) is 4.90 Å². The van der Waals surface area contributed by atoms with E-state index in [9.17, 15) is 9.59 Å². The number of carbonyl (C=O) groups is 2. The van der Waals surface area contributed by atoms with E-state index in [1.165, 1.54) is 32.1 Å². The molecule has 2 saturated heterocycles. The van der Waals surface area contributed by atoms with Crippen molar-refractivity contribution < 1.29 is 9.59 Å². The summed E-state index contributed by atoms with van der Waals surface area (Å²) in [5.74, 6) is 1.29. The van der Waals surface area contributed by atoms with E-state index in [4.69, 9.17) is 0 Å². The highest BCUT2D eigenvalue weighted by Gasteiger charge is 2.42. The molecule has 112 valence electrons. The van der Waals surface area contributed by atoms with Crippen LogP contribution in [-0.2, 0) is 4.79 Å². The molecular formula is C16H26N2O2. The molecule has 0 aromatic carbocycles. The molecule has 2 aliphatic heterocycles. The first-order chi connectivity index (χ1) is 9.70. The van der Waals surface area contributed by atoms with Crippen molar-refractivity contribution in [3.63, 3.8) is 0 Å². The Morgan fingerprint density at radius 3 is 2.55 bits per heavy atom. The fourth-order valence-electron chi connectivity index (χ4n) is 4.35. The van der Waals surface area contributed by atoms with Gasteiger partial charge in [-0.25, -0.2) is 4.79 Å². The lowest BCUT2D eigenvalue weighted by molar-refractivity contribution is -0.133. The lowest BCUT2D eigenvalue weighted by Crippen LogP contribution is -2.56. The third kappa shape index (κ3) is 2.45. The van der Waals surface area contributed by atoms with Gasteiger partial charge in [-0.05, 0) is 31.1 Å². The number of amides is 3. The van der Waals surface area contributed by atoms with Gasteiger partial charge in [-0.2, -0.15) is 0 Å². The summed E-state index contributed by atoms with van der Waals surface area (Å²) in [6, 6.07) is 0.184. The van der Waals surface area contributed by atoms with Crippen molar-refractivity contribution in [2.75, 3.05) is 13.1 Å². The van der Waals surface area contributed by atoms with Gasteiger partial charge in [0.1, 0.15) is 0 Å². The SMILES string of the molecule is CC[C@@H]1CCCC[C@@H]1CN1C(=O)C[C@H]2CCCN2C1=O. The van der Waals surface area contributed by atoms with Crippen molar-refractivity contribution in [1.82, 2.24) is 9.80 Å². The summed E-state index contributed by atoms with van der Waals surface area (Å²) in [5, 5.41) is 0. The summed E-state index contributed by atoms with van der Waals surface area (Å²) >= 11 is 0. The predicted octanol–water partition coefficient (Wildman–Crippen LogP) is 3.02. The summed E-state index contributed by atoms with van der Waals surface area (Å²) in [7, 11) is 0. The third-order valence-corrected chi connectivity index (χ3v) is 5.57. The number of hydrogen-bond acceptors (Lipinski definition) is 2. The highest BCUT2D eigenvalue weighted by atomic mass is 16.2. The van der Waals surface area contributed by atoms with Crippen molar-refractivity contribution in [1.29, 1.82) is 0 Å². The quantitative estimate of drug-likeness (QED) is 0.796. The number of urea groups is 1. The maximum absolute atomic E-state index is 12.5. The van der Waals surface area contributed by atoms with Crippen molar-refractivity contribution in [3.05, 3.63) is 0 Å². The molecule has 1 saturated carbocycles. The number of rotatable bonds is 3. The molecule has 3 amide bonds. The Balaban J connectivity index is 1.69. The summed E-state index contributed by atoms with van der Waals surface area (Å²) in [6.45, 7) is 3.74. The first-order valence-electron chi connectivity index (χ1n) is 8.31. The summed E-state index contributed by atoms with van der Waals surface area (Å²) < 4.78 is 0. The monoisotopic (exact) mass is 278 g/mol. The fraction of sp³-hybridized carbons (Fsp3) is 0.875. The molecule has 1 aliphatic carbocycles. The van der Waals surface area contributed by atoms with Crippen LogP contribution in [0.5, 0.6) is 0 Å². The molecule has 3 atom stereocenters. The molecule has 0 spiro atoms. The highest BCUT2D eigenvalue weighted by Crippen LogP contribution is 2.34. The minimum Gasteiger partial charge on any atom is -0.321 e. The van der Waals surface area contributed by atoms with Gasteiger partial charge in [-0.15, -0.1) is 0 Å². The molecule has 0 bridgehead atoms. The van der Waals surface area contributed by atoms with Gasteiger partial charge in [0.15, 0.2) is 0 Å². The Kier molecular flexibility index (Phi) is 3.99. The second kappa shape index (κ2) is 5.74. The van der Waals surface area contributed by atoms with E-state index in [0.717, 1.165) is 19.4 Å². The number of imide groups is 1.